The third-order valence-corrected chi connectivity index (χ3v) is 6.69. The van der Waals surface area contributed by atoms with Crippen LogP contribution in [-0.2, 0) is 14.8 Å². The van der Waals surface area contributed by atoms with Gasteiger partial charge < -0.3 is 19.5 Å². The van der Waals surface area contributed by atoms with Crippen molar-refractivity contribution < 1.29 is 27.4 Å². The van der Waals surface area contributed by atoms with Crippen molar-refractivity contribution in [2.75, 3.05) is 26.8 Å². The van der Waals surface area contributed by atoms with Gasteiger partial charge >= 0.3 is 0 Å². The van der Waals surface area contributed by atoms with Crippen LogP contribution in [0, 0.1) is 0 Å². The Kier molecular flexibility index (Phi) is 5.29. The Hall–Kier alpha value is -2.85. The summed E-state index contributed by atoms with van der Waals surface area (Å²) in [4.78, 5) is 16.4. The number of aromatic nitrogens is 1. The molecule has 10 heteroatoms. The fraction of sp³-hybridized carbons (Fsp3) is 0.368. The van der Waals surface area contributed by atoms with E-state index in [0.29, 0.717) is 30.5 Å². The first-order chi connectivity index (χ1) is 14.0. The van der Waals surface area contributed by atoms with Gasteiger partial charge in [0, 0.05) is 25.7 Å². The normalized spacial score (nSPS) is 21.6. The molecule has 0 spiro atoms. The van der Waals surface area contributed by atoms with E-state index in [0.717, 1.165) is 0 Å². The smallest absolute Gasteiger partial charge is 0.244 e. The van der Waals surface area contributed by atoms with E-state index >= 15 is 0 Å². The summed E-state index contributed by atoms with van der Waals surface area (Å²) in [6.07, 6.45) is 2.92. The van der Waals surface area contributed by atoms with Crippen LogP contribution < -0.4 is 19.5 Å². The zero-order valence-electron chi connectivity index (χ0n) is 15.8. The highest BCUT2D eigenvalue weighted by atomic mass is 32.2. The third kappa shape index (κ3) is 3.85. The highest BCUT2D eigenvalue weighted by Gasteiger charge is 2.45. The molecule has 2 aromatic rings. The predicted octanol–water partition coefficient (Wildman–Crippen LogP) is 0.809. The minimum absolute atomic E-state index is 0.0395. The van der Waals surface area contributed by atoms with Crippen LogP contribution in [0.3, 0.4) is 0 Å². The Morgan fingerprint density at radius 2 is 2.03 bits per heavy atom. The van der Waals surface area contributed by atoms with E-state index in [1.807, 2.05) is 0 Å². The number of amides is 1. The number of ether oxygens (including phenoxy) is 3. The summed E-state index contributed by atoms with van der Waals surface area (Å²) < 4.78 is 44.7. The molecular formula is C19H21N3O6S. The molecule has 1 fully saturated rings. The van der Waals surface area contributed by atoms with Gasteiger partial charge in [-0.3, -0.25) is 9.78 Å². The van der Waals surface area contributed by atoms with Crippen molar-refractivity contribution in [3.05, 3.63) is 42.7 Å². The second-order valence-electron chi connectivity index (χ2n) is 6.67. The summed E-state index contributed by atoms with van der Waals surface area (Å²) in [6.45, 7) is 0.809. The maximum atomic E-state index is 13.3. The molecule has 0 aliphatic carbocycles. The first-order valence-electron chi connectivity index (χ1n) is 9.19. The molecule has 2 atom stereocenters. The number of rotatable bonds is 5. The molecule has 154 valence electrons. The molecule has 0 bridgehead atoms. The van der Waals surface area contributed by atoms with E-state index in [4.69, 9.17) is 14.2 Å². The molecule has 29 heavy (non-hydrogen) atoms. The molecule has 4 rings (SSSR count). The maximum Gasteiger partial charge on any atom is 0.244 e. The number of likely N-dealkylation sites (N-methyl/N-ethyl adjacent to an activating group) is 1. The van der Waals surface area contributed by atoms with E-state index < -0.39 is 22.2 Å². The van der Waals surface area contributed by atoms with Crippen LogP contribution in [0.2, 0.25) is 0 Å². The fourth-order valence-electron chi connectivity index (χ4n) is 3.45. The van der Waals surface area contributed by atoms with Gasteiger partial charge in [0.05, 0.1) is 17.6 Å². The van der Waals surface area contributed by atoms with Gasteiger partial charge in [0.1, 0.15) is 31.1 Å². The largest absolute Gasteiger partial charge is 0.487 e. The van der Waals surface area contributed by atoms with Gasteiger partial charge in [0.15, 0.2) is 11.5 Å². The van der Waals surface area contributed by atoms with Crippen LogP contribution in [0.1, 0.15) is 6.42 Å². The maximum absolute atomic E-state index is 13.3. The lowest BCUT2D eigenvalue weighted by molar-refractivity contribution is -0.123. The summed E-state index contributed by atoms with van der Waals surface area (Å²) in [7, 11) is -2.48. The summed E-state index contributed by atoms with van der Waals surface area (Å²) in [5, 5.41) is 2.54. The van der Waals surface area contributed by atoms with Crippen LogP contribution in [0.4, 0.5) is 0 Å². The number of hydrogen-bond donors (Lipinski definition) is 1. The number of hydrogen-bond acceptors (Lipinski definition) is 7. The molecule has 1 amide bonds. The average molecular weight is 419 g/mol. The molecule has 2 aliphatic heterocycles. The van der Waals surface area contributed by atoms with Crippen molar-refractivity contribution in [1.29, 1.82) is 0 Å². The van der Waals surface area contributed by atoms with Gasteiger partial charge in [-0.2, -0.15) is 4.31 Å². The zero-order valence-corrected chi connectivity index (χ0v) is 16.6. The van der Waals surface area contributed by atoms with Crippen molar-refractivity contribution in [3.63, 3.8) is 0 Å². The molecule has 1 aromatic heterocycles. The average Bonchev–Trinajstić information content (AvgIpc) is 3.18. The van der Waals surface area contributed by atoms with Gasteiger partial charge in [-0.15, -0.1) is 0 Å². The Morgan fingerprint density at radius 1 is 1.24 bits per heavy atom. The molecule has 2 aliphatic rings. The summed E-state index contributed by atoms with van der Waals surface area (Å²) >= 11 is 0. The number of fused-ring (bicyclic) bond motifs is 1. The van der Waals surface area contributed by atoms with Gasteiger partial charge in [0.25, 0.3) is 0 Å². The Bertz CT molecular complexity index is 998. The molecule has 0 unspecified atom stereocenters. The van der Waals surface area contributed by atoms with E-state index in [1.54, 1.807) is 30.6 Å². The Balaban J connectivity index is 1.62. The zero-order chi connectivity index (χ0) is 20.4. The highest BCUT2D eigenvalue weighted by Crippen LogP contribution is 2.35. The number of sulfonamides is 1. The lowest BCUT2D eigenvalue weighted by atomic mass is 10.2. The minimum Gasteiger partial charge on any atom is -0.487 e. The molecule has 0 saturated carbocycles. The number of pyridine rings is 1. The minimum atomic E-state index is -3.96. The number of benzene rings is 1. The van der Waals surface area contributed by atoms with Crippen LogP contribution in [0.5, 0.6) is 17.2 Å². The Labute approximate surface area is 168 Å². The van der Waals surface area contributed by atoms with Crippen molar-refractivity contribution >= 4 is 15.9 Å². The lowest BCUT2D eigenvalue weighted by Crippen LogP contribution is -2.44. The molecule has 1 N–H and O–H groups in total. The number of carbonyl (C=O) groups is 1. The first-order valence-corrected chi connectivity index (χ1v) is 10.6. The van der Waals surface area contributed by atoms with Crippen molar-refractivity contribution in [2.45, 2.75) is 23.5 Å². The fourth-order valence-corrected chi connectivity index (χ4v) is 5.10. The Morgan fingerprint density at radius 3 is 2.76 bits per heavy atom. The van der Waals surface area contributed by atoms with Gasteiger partial charge in [0.2, 0.25) is 15.9 Å². The SMILES string of the molecule is CNC(=O)[C@@H]1C[C@H](Oc2cccnc2)CN1S(=O)(=O)c1ccc2c(c1)OCCO2. The number of carbonyl (C=O) groups excluding carboxylic acids is 1. The number of nitrogens with zero attached hydrogens (tertiary/aromatic N) is 2. The van der Waals surface area contributed by atoms with Crippen LogP contribution in [0.15, 0.2) is 47.6 Å². The van der Waals surface area contributed by atoms with Crippen molar-refractivity contribution in [3.8, 4) is 17.2 Å². The standard InChI is InChI=1S/C19H21N3O6S/c1-20-19(23)16-9-14(28-13-3-2-6-21-11-13)12-22(16)29(24,25)15-4-5-17-18(10-15)27-8-7-26-17/h2-6,10-11,14,16H,7-9,12H2,1H3,(H,20,23)/t14-,16-/m0/s1. The van der Waals surface area contributed by atoms with Gasteiger partial charge in [-0.1, -0.05) is 0 Å². The van der Waals surface area contributed by atoms with E-state index in [2.05, 4.69) is 10.3 Å². The van der Waals surface area contributed by atoms with E-state index in [-0.39, 0.29) is 23.8 Å². The van der Waals surface area contributed by atoms with E-state index in [9.17, 15) is 13.2 Å². The van der Waals surface area contributed by atoms with E-state index in [1.165, 1.54) is 23.5 Å². The molecule has 1 saturated heterocycles. The molecule has 1 aromatic carbocycles. The summed E-state index contributed by atoms with van der Waals surface area (Å²) in [6, 6.07) is 7.04. The third-order valence-electron chi connectivity index (χ3n) is 4.82. The van der Waals surface area contributed by atoms with Crippen LogP contribution in [-0.4, -0.2) is 62.6 Å². The van der Waals surface area contributed by atoms with Gasteiger partial charge in [-0.25, -0.2) is 8.42 Å². The topological polar surface area (TPSA) is 107 Å². The van der Waals surface area contributed by atoms with Gasteiger partial charge in [-0.05, 0) is 24.3 Å². The highest BCUT2D eigenvalue weighted by molar-refractivity contribution is 7.89. The van der Waals surface area contributed by atoms with Crippen molar-refractivity contribution in [2.24, 2.45) is 0 Å². The number of nitrogens with one attached hydrogen (secondary N) is 1. The second-order valence-corrected chi connectivity index (χ2v) is 8.57. The monoisotopic (exact) mass is 419 g/mol. The quantitative estimate of drug-likeness (QED) is 0.764. The lowest BCUT2D eigenvalue weighted by Gasteiger charge is -2.24. The molecular weight excluding hydrogens is 398 g/mol. The van der Waals surface area contributed by atoms with Crippen molar-refractivity contribution in [1.82, 2.24) is 14.6 Å². The summed E-state index contributed by atoms with van der Waals surface area (Å²) in [5.74, 6) is 1.00. The molecule has 3 heterocycles. The van der Waals surface area contributed by atoms with Crippen LogP contribution in [0.25, 0.3) is 0 Å². The molecule has 9 nitrogen and oxygen atoms in total. The first kappa shape index (κ1) is 19.5. The molecule has 0 radical (unpaired) electrons. The predicted molar refractivity (Wildman–Crippen MR) is 102 cm³/mol. The summed E-state index contributed by atoms with van der Waals surface area (Å²) in [5.41, 5.74) is 0. The van der Waals surface area contributed by atoms with Crippen LogP contribution >= 0.6 is 0 Å². The second kappa shape index (κ2) is 7.88.